The Labute approximate surface area is 193 Å². The summed E-state index contributed by atoms with van der Waals surface area (Å²) >= 11 is 0. The van der Waals surface area contributed by atoms with Crippen LogP contribution in [0.5, 0.6) is 5.75 Å². The highest BCUT2D eigenvalue weighted by Gasteiger charge is 2.38. The molecule has 0 aliphatic carbocycles. The number of halogens is 3. The van der Waals surface area contributed by atoms with Crippen molar-refractivity contribution in [2.45, 2.75) is 31.1 Å². The molecule has 3 N–H and O–H groups in total. The summed E-state index contributed by atoms with van der Waals surface area (Å²) in [6, 6.07) is 15.6. The maximum absolute atomic E-state index is 12.6. The van der Waals surface area contributed by atoms with E-state index in [0.717, 1.165) is 36.2 Å². The van der Waals surface area contributed by atoms with Crippen LogP contribution in [0.1, 0.15) is 35.1 Å². The zero-order valence-corrected chi connectivity index (χ0v) is 18.6. The minimum Gasteiger partial charge on any atom is -0.497 e. The average Bonchev–Trinajstić information content (AvgIpc) is 3.24. The number of H-pyrrole nitrogens is 1. The second-order valence-electron chi connectivity index (χ2n) is 7.87. The summed E-state index contributed by atoms with van der Waals surface area (Å²) in [5.74, 6) is -1.18. The monoisotopic (exact) mass is 478 g/mol. The Morgan fingerprint density at radius 1 is 1.21 bits per heavy atom. The summed E-state index contributed by atoms with van der Waals surface area (Å²) in [5, 5.41) is 10.3. The first-order valence-corrected chi connectivity index (χ1v) is 10.5. The number of amides is 1. The minimum absolute atomic E-state index is 0.0631. The zero-order valence-electron chi connectivity index (χ0n) is 18.6. The van der Waals surface area contributed by atoms with E-state index in [1.54, 1.807) is 13.2 Å². The normalized spacial score (nSPS) is 18.6. The lowest BCUT2D eigenvalue weighted by molar-refractivity contribution is -0.192. The molecule has 4 rings (SSSR count). The van der Waals surface area contributed by atoms with E-state index in [4.69, 9.17) is 19.6 Å². The van der Waals surface area contributed by atoms with Crippen LogP contribution in [0.2, 0.25) is 0 Å². The van der Waals surface area contributed by atoms with Crippen LogP contribution in [0.4, 0.5) is 13.2 Å². The molecule has 3 aromatic rings. The molecule has 1 fully saturated rings. The van der Waals surface area contributed by atoms with Crippen LogP contribution >= 0.6 is 0 Å². The lowest BCUT2D eigenvalue weighted by Crippen LogP contribution is -2.45. The maximum atomic E-state index is 12.6. The van der Waals surface area contributed by atoms with Crippen LogP contribution in [0.15, 0.2) is 48.5 Å². The Hall–Kier alpha value is -3.60. The number of aromatic amines is 1. The Morgan fingerprint density at radius 3 is 2.56 bits per heavy atom. The van der Waals surface area contributed by atoms with Gasteiger partial charge in [0, 0.05) is 18.2 Å². The van der Waals surface area contributed by atoms with Crippen molar-refractivity contribution in [1.29, 1.82) is 0 Å². The SMILES string of the molecule is COc1cccc(C(=O)N[C@@H]2CCN(C)[C@@H](c3nc4ccccc4[nH]3)C2)c1.O=C(O)C(F)(F)F. The van der Waals surface area contributed by atoms with Crippen molar-refractivity contribution in [3.05, 3.63) is 59.9 Å². The highest BCUT2D eigenvalue weighted by Crippen LogP contribution is 2.29. The molecular weight excluding hydrogens is 453 g/mol. The fourth-order valence-corrected chi connectivity index (χ4v) is 3.70. The van der Waals surface area contributed by atoms with E-state index in [1.807, 2.05) is 42.5 Å². The van der Waals surface area contributed by atoms with Crippen molar-refractivity contribution in [3.63, 3.8) is 0 Å². The van der Waals surface area contributed by atoms with Crippen LogP contribution in [0, 0.1) is 0 Å². The maximum Gasteiger partial charge on any atom is 0.490 e. The number of carboxylic acids is 1. The van der Waals surface area contributed by atoms with Crippen LogP contribution < -0.4 is 10.1 Å². The molecule has 0 bridgehead atoms. The number of likely N-dealkylation sites (tertiary alicyclic amines) is 1. The number of imidazole rings is 1. The molecule has 1 amide bonds. The highest BCUT2D eigenvalue weighted by molar-refractivity contribution is 5.94. The lowest BCUT2D eigenvalue weighted by atomic mass is 9.96. The van der Waals surface area contributed by atoms with Gasteiger partial charge in [0.2, 0.25) is 0 Å². The fraction of sp³-hybridized carbons (Fsp3) is 0.348. The third-order valence-corrected chi connectivity index (χ3v) is 5.50. The number of carbonyl (C=O) groups excluding carboxylic acids is 1. The van der Waals surface area contributed by atoms with Crippen LogP contribution in [0.3, 0.4) is 0 Å². The molecule has 0 spiro atoms. The first kappa shape index (κ1) is 25.0. The van der Waals surface area contributed by atoms with E-state index in [1.165, 1.54) is 0 Å². The molecule has 1 aliphatic rings. The van der Waals surface area contributed by atoms with Crippen molar-refractivity contribution in [2.75, 3.05) is 20.7 Å². The number of nitrogens with zero attached hydrogens (tertiary/aromatic N) is 2. The molecule has 182 valence electrons. The number of methoxy groups -OCH3 is 1. The van der Waals surface area contributed by atoms with E-state index in [0.29, 0.717) is 11.3 Å². The van der Waals surface area contributed by atoms with E-state index in [-0.39, 0.29) is 18.0 Å². The predicted octanol–water partition coefficient (Wildman–Crippen LogP) is 3.77. The van der Waals surface area contributed by atoms with Gasteiger partial charge in [-0.25, -0.2) is 9.78 Å². The largest absolute Gasteiger partial charge is 0.497 e. The number of hydrogen-bond acceptors (Lipinski definition) is 5. The van der Waals surface area contributed by atoms with Gasteiger partial charge in [-0.1, -0.05) is 18.2 Å². The van der Waals surface area contributed by atoms with Gasteiger partial charge in [-0.05, 0) is 50.2 Å². The van der Waals surface area contributed by atoms with Gasteiger partial charge in [0.25, 0.3) is 5.91 Å². The average molecular weight is 478 g/mol. The van der Waals surface area contributed by atoms with Gasteiger partial charge >= 0.3 is 12.1 Å². The molecule has 8 nitrogen and oxygen atoms in total. The summed E-state index contributed by atoms with van der Waals surface area (Å²) in [4.78, 5) is 32.0. The van der Waals surface area contributed by atoms with Crippen LogP contribution in [0.25, 0.3) is 11.0 Å². The molecule has 1 aliphatic heterocycles. The Balaban J connectivity index is 0.000000406. The molecule has 2 heterocycles. The third-order valence-electron chi connectivity index (χ3n) is 5.50. The summed E-state index contributed by atoms with van der Waals surface area (Å²) < 4.78 is 36.9. The van der Waals surface area contributed by atoms with E-state index in [9.17, 15) is 18.0 Å². The zero-order chi connectivity index (χ0) is 24.9. The van der Waals surface area contributed by atoms with E-state index < -0.39 is 12.1 Å². The molecule has 0 radical (unpaired) electrons. The van der Waals surface area contributed by atoms with Crippen molar-refractivity contribution in [3.8, 4) is 5.75 Å². The standard InChI is InChI=1S/C21H24N4O2.C2HF3O2/c1-25-11-10-15(22-21(26)14-6-5-7-16(12-14)27-2)13-19(25)20-23-17-8-3-4-9-18(17)24-20;3-2(4,5)1(6)7/h3-9,12,15,19H,10-11,13H2,1-2H3,(H,22,26)(H,23,24);(H,6,7)/t15-,19-;/m1./s1. The Morgan fingerprint density at radius 2 is 1.91 bits per heavy atom. The molecule has 0 saturated carbocycles. The number of ether oxygens (including phenoxy) is 1. The summed E-state index contributed by atoms with van der Waals surface area (Å²) in [7, 11) is 3.71. The number of aliphatic carboxylic acids is 1. The number of benzene rings is 2. The number of para-hydroxylation sites is 2. The van der Waals surface area contributed by atoms with Gasteiger partial charge in [-0.15, -0.1) is 0 Å². The van der Waals surface area contributed by atoms with Crippen LogP contribution in [-0.2, 0) is 4.79 Å². The van der Waals surface area contributed by atoms with Crippen molar-refractivity contribution in [2.24, 2.45) is 0 Å². The minimum atomic E-state index is -5.08. The van der Waals surface area contributed by atoms with E-state index in [2.05, 4.69) is 22.2 Å². The second kappa shape index (κ2) is 10.6. The van der Waals surface area contributed by atoms with Gasteiger partial charge in [-0.2, -0.15) is 13.2 Å². The molecule has 1 saturated heterocycles. The number of hydrogen-bond donors (Lipinski definition) is 3. The first-order chi connectivity index (χ1) is 16.1. The first-order valence-electron chi connectivity index (χ1n) is 10.5. The number of carboxylic acid groups (broad SMARTS) is 1. The lowest BCUT2D eigenvalue weighted by Gasteiger charge is -2.36. The van der Waals surface area contributed by atoms with Crippen molar-refractivity contribution in [1.82, 2.24) is 20.2 Å². The van der Waals surface area contributed by atoms with Gasteiger partial charge in [0.1, 0.15) is 11.6 Å². The number of piperidine rings is 1. The van der Waals surface area contributed by atoms with Crippen LogP contribution in [-0.4, -0.2) is 64.8 Å². The molecule has 34 heavy (non-hydrogen) atoms. The number of nitrogens with one attached hydrogen (secondary N) is 2. The summed E-state index contributed by atoms with van der Waals surface area (Å²) in [6.07, 6.45) is -3.34. The molecule has 0 unspecified atom stereocenters. The number of rotatable bonds is 4. The number of fused-ring (bicyclic) bond motifs is 1. The number of carbonyl (C=O) groups is 2. The highest BCUT2D eigenvalue weighted by atomic mass is 19.4. The predicted molar refractivity (Wildman–Crippen MR) is 119 cm³/mol. The van der Waals surface area contributed by atoms with Crippen molar-refractivity contribution >= 4 is 22.9 Å². The van der Waals surface area contributed by atoms with Gasteiger partial charge in [0.15, 0.2) is 0 Å². The van der Waals surface area contributed by atoms with Gasteiger partial charge < -0.3 is 20.1 Å². The molecule has 11 heteroatoms. The van der Waals surface area contributed by atoms with Gasteiger partial charge in [-0.3, -0.25) is 9.69 Å². The van der Waals surface area contributed by atoms with Gasteiger partial charge in [0.05, 0.1) is 24.2 Å². The quantitative estimate of drug-likeness (QED) is 0.527. The number of aromatic nitrogens is 2. The number of alkyl halides is 3. The second-order valence-corrected chi connectivity index (χ2v) is 7.87. The fourth-order valence-electron chi connectivity index (χ4n) is 3.70. The summed E-state index contributed by atoms with van der Waals surface area (Å²) in [6.45, 7) is 0.908. The molecule has 2 aromatic carbocycles. The van der Waals surface area contributed by atoms with E-state index >= 15 is 0 Å². The summed E-state index contributed by atoms with van der Waals surface area (Å²) in [5.41, 5.74) is 2.64. The molecular formula is C23H25F3N4O4. The topological polar surface area (TPSA) is 108 Å². The Bertz CT molecular complexity index is 1120. The molecule has 2 atom stereocenters. The third kappa shape index (κ3) is 6.25. The molecule has 1 aromatic heterocycles. The van der Waals surface area contributed by atoms with Crippen molar-refractivity contribution < 1.29 is 32.6 Å². The smallest absolute Gasteiger partial charge is 0.490 e. The Kier molecular flexibility index (Phi) is 7.77.